The Morgan fingerprint density at radius 3 is 2.65 bits per heavy atom. The molecule has 0 radical (unpaired) electrons. The quantitative estimate of drug-likeness (QED) is 0.830. The summed E-state index contributed by atoms with van der Waals surface area (Å²) < 4.78 is 1.91. The van der Waals surface area contributed by atoms with Crippen molar-refractivity contribution >= 4 is 23.0 Å². The minimum Gasteiger partial charge on any atom is -0.389 e. The summed E-state index contributed by atoms with van der Waals surface area (Å²) in [5.41, 5.74) is 7.74. The van der Waals surface area contributed by atoms with E-state index >= 15 is 0 Å². The van der Waals surface area contributed by atoms with E-state index in [1.165, 1.54) is 6.42 Å². The fraction of sp³-hybridized carbons (Fsp3) is 0.714. The van der Waals surface area contributed by atoms with E-state index in [0.29, 0.717) is 11.0 Å². The Kier molecular flexibility index (Phi) is 4.65. The van der Waals surface area contributed by atoms with E-state index in [0.717, 1.165) is 43.3 Å². The molecule has 1 atom stereocenters. The molecule has 2 rings (SSSR count). The number of aryl methyl sites for hydroxylation is 2. The fourth-order valence-corrected chi connectivity index (χ4v) is 3.51. The Morgan fingerprint density at radius 1 is 1.45 bits per heavy atom. The molecule has 0 saturated carbocycles. The Labute approximate surface area is 126 Å². The molecule has 112 valence electrons. The van der Waals surface area contributed by atoms with Gasteiger partial charge in [0.2, 0.25) is 0 Å². The third-order valence-electron chi connectivity index (χ3n) is 4.23. The number of rotatable bonds is 5. The van der Waals surface area contributed by atoms with Gasteiger partial charge in [-0.05, 0) is 26.4 Å². The smallest absolute Gasteiger partial charge is 0.137 e. The van der Waals surface area contributed by atoms with Crippen LogP contribution in [-0.4, -0.2) is 51.9 Å². The average molecular weight is 295 g/mol. The lowest BCUT2D eigenvalue weighted by Crippen LogP contribution is -2.37. The van der Waals surface area contributed by atoms with Crippen molar-refractivity contribution in [2.45, 2.75) is 33.2 Å². The van der Waals surface area contributed by atoms with Crippen molar-refractivity contribution in [3.63, 3.8) is 0 Å². The van der Waals surface area contributed by atoms with Crippen molar-refractivity contribution in [3.05, 3.63) is 11.3 Å². The topological polar surface area (TPSA) is 50.3 Å². The molecule has 5 nitrogen and oxygen atoms in total. The molecular weight excluding hydrogens is 270 g/mol. The molecule has 1 saturated heterocycles. The second kappa shape index (κ2) is 6.10. The van der Waals surface area contributed by atoms with Crippen LogP contribution in [0.5, 0.6) is 0 Å². The van der Waals surface area contributed by atoms with E-state index in [1.807, 2.05) is 18.7 Å². The van der Waals surface area contributed by atoms with Crippen molar-refractivity contribution < 1.29 is 0 Å². The number of anilines is 1. The van der Waals surface area contributed by atoms with E-state index in [-0.39, 0.29) is 0 Å². The SMILES string of the molecule is CCN(CC)C1CCN(c2c(C(N)=S)c(C)nn2C)C1. The van der Waals surface area contributed by atoms with Crippen LogP contribution in [0.25, 0.3) is 0 Å². The zero-order valence-corrected chi connectivity index (χ0v) is 13.7. The minimum atomic E-state index is 0.442. The highest BCUT2D eigenvalue weighted by molar-refractivity contribution is 7.80. The first-order valence-corrected chi connectivity index (χ1v) is 7.72. The average Bonchev–Trinajstić information content (AvgIpc) is 2.95. The predicted octanol–water partition coefficient (Wildman–Crippen LogP) is 1.28. The van der Waals surface area contributed by atoms with Gasteiger partial charge in [-0.15, -0.1) is 0 Å². The van der Waals surface area contributed by atoms with Gasteiger partial charge in [0, 0.05) is 26.2 Å². The van der Waals surface area contributed by atoms with Crippen molar-refractivity contribution in [2.24, 2.45) is 12.8 Å². The molecule has 20 heavy (non-hydrogen) atoms. The fourth-order valence-electron chi connectivity index (χ4n) is 3.27. The first-order chi connectivity index (χ1) is 9.49. The predicted molar refractivity (Wildman–Crippen MR) is 87.4 cm³/mol. The Balaban J connectivity index is 2.24. The molecule has 0 spiro atoms. The van der Waals surface area contributed by atoms with Crippen molar-refractivity contribution in [1.82, 2.24) is 14.7 Å². The van der Waals surface area contributed by atoms with E-state index in [1.54, 1.807) is 0 Å². The van der Waals surface area contributed by atoms with E-state index < -0.39 is 0 Å². The van der Waals surface area contributed by atoms with Crippen LogP contribution in [0.4, 0.5) is 5.82 Å². The molecule has 6 heteroatoms. The summed E-state index contributed by atoms with van der Waals surface area (Å²) >= 11 is 5.20. The summed E-state index contributed by atoms with van der Waals surface area (Å²) in [5, 5.41) is 4.48. The maximum Gasteiger partial charge on any atom is 0.137 e. The normalized spacial score (nSPS) is 19.1. The van der Waals surface area contributed by atoms with Gasteiger partial charge < -0.3 is 10.6 Å². The standard InChI is InChI=1S/C14H25N5S/c1-5-18(6-2)11-7-8-19(9-11)14-12(13(15)20)10(3)16-17(14)4/h11H,5-9H2,1-4H3,(H2,15,20). The van der Waals surface area contributed by atoms with Gasteiger partial charge in [-0.3, -0.25) is 9.58 Å². The lowest BCUT2D eigenvalue weighted by atomic mass is 10.2. The Hall–Kier alpha value is -1.14. The lowest BCUT2D eigenvalue weighted by molar-refractivity contribution is 0.232. The molecule has 0 aliphatic carbocycles. The highest BCUT2D eigenvalue weighted by Gasteiger charge is 2.30. The van der Waals surface area contributed by atoms with Gasteiger partial charge >= 0.3 is 0 Å². The molecule has 1 aliphatic heterocycles. The van der Waals surface area contributed by atoms with Gasteiger partial charge in [0.15, 0.2) is 0 Å². The molecule has 1 aliphatic rings. The summed E-state index contributed by atoms with van der Waals surface area (Å²) in [5.74, 6) is 1.07. The van der Waals surface area contributed by atoms with Crippen LogP contribution in [0, 0.1) is 6.92 Å². The van der Waals surface area contributed by atoms with Gasteiger partial charge in [-0.2, -0.15) is 5.10 Å². The largest absolute Gasteiger partial charge is 0.389 e. The highest BCUT2D eigenvalue weighted by Crippen LogP contribution is 2.28. The first-order valence-electron chi connectivity index (χ1n) is 7.31. The minimum absolute atomic E-state index is 0.442. The van der Waals surface area contributed by atoms with Crippen LogP contribution in [-0.2, 0) is 7.05 Å². The van der Waals surface area contributed by atoms with Crippen molar-refractivity contribution in [3.8, 4) is 0 Å². The summed E-state index contributed by atoms with van der Waals surface area (Å²) in [7, 11) is 1.97. The van der Waals surface area contributed by atoms with Crippen LogP contribution in [0.3, 0.4) is 0 Å². The number of thiocarbonyl (C=S) groups is 1. The third kappa shape index (κ3) is 2.67. The summed E-state index contributed by atoms with van der Waals surface area (Å²) in [6.07, 6.45) is 1.18. The lowest BCUT2D eigenvalue weighted by Gasteiger charge is -2.27. The number of hydrogen-bond donors (Lipinski definition) is 1. The zero-order chi connectivity index (χ0) is 14.9. The third-order valence-corrected chi connectivity index (χ3v) is 4.43. The molecule has 0 bridgehead atoms. The molecule has 1 fully saturated rings. The number of nitrogens with two attached hydrogens (primary N) is 1. The monoisotopic (exact) mass is 295 g/mol. The molecule has 0 aromatic carbocycles. The second-order valence-electron chi connectivity index (χ2n) is 5.38. The molecule has 2 heterocycles. The highest BCUT2D eigenvalue weighted by atomic mass is 32.1. The maximum absolute atomic E-state index is 5.88. The molecule has 1 aromatic rings. The van der Waals surface area contributed by atoms with E-state index in [9.17, 15) is 0 Å². The maximum atomic E-state index is 5.88. The van der Waals surface area contributed by atoms with Crippen LogP contribution < -0.4 is 10.6 Å². The van der Waals surface area contributed by atoms with E-state index in [2.05, 4.69) is 28.7 Å². The van der Waals surface area contributed by atoms with Crippen molar-refractivity contribution in [2.75, 3.05) is 31.1 Å². The van der Waals surface area contributed by atoms with Gasteiger partial charge in [0.25, 0.3) is 0 Å². The van der Waals surface area contributed by atoms with Gasteiger partial charge in [-0.1, -0.05) is 26.1 Å². The zero-order valence-electron chi connectivity index (χ0n) is 12.9. The first kappa shape index (κ1) is 15.3. The molecular formula is C14H25N5S. The van der Waals surface area contributed by atoms with Crippen LogP contribution in [0.1, 0.15) is 31.5 Å². The van der Waals surface area contributed by atoms with Crippen LogP contribution in [0.15, 0.2) is 0 Å². The van der Waals surface area contributed by atoms with Gasteiger partial charge in [-0.25, -0.2) is 0 Å². The van der Waals surface area contributed by atoms with E-state index in [4.69, 9.17) is 18.0 Å². The number of nitrogens with zero attached hydrogens (tertiary/aromatic N) is 4. The van der Waals surface area contributed by atoms with Gasteiger partial charge in [0.1, 0.15) is 10.8 Å². The number of likely N-dealkylation sites (N-methyl/N-ethyl adjacent to an activating group) is 1. The summed E-state index contributed by atoms with van der Waals surface area (Å²) in [4.78, 5) is 5.33. The summed E-state index contributed by atoms with van der Waals surface area (Å²) in [6.45, 7) is 10.7. The number of hydrogen-bond acceptors (Lipinski definition) is 4. The summed E-state index contributed by atoms with van der Waals surface area (Å²) in [6, 6.07) is 0.611. The second-order valence-corrected chi connectivity index (χ2v) is 5.82. The Morgan fingerprint density at radius 2 is 2.10 bits per heavy atom. The van der Waals surface area contributed by atoms with Crippen LogP contribution >= 0.6 is 12.2 Å². The van der Waals surface area contributed by atoms with Gasteiger partial charge in [0.05, 0.1) is 11.3 Å². The molecule has 1 aromatic heterocycles. The number of aromatic nitrogens is 2. The van der Waals surface area contributed by atoms with Crippen LogP contribution in [0.2, 0.25) is 0 Å². The van der Waals surface area contributed by atoms with Crippen molar-refractivity contribution in [1.29, 1.82) is 0 Å². The molecule has 0 amide bonds. The molecule has 2 N–H and O–H groups in total. The molecule has 1 unspecified atom stereocenters. The Bertz CT molecular complexity index is 492.